The van der Waals surface area contributed by atoms with Gasteiger partial charge in [-0.15, -0.1) is 10.2 Å². The van der Waals surface area contributed by atoms with Crippen LogP contribution in [0.5, 0.6) is 5.75 Å². The Labute approximate surface area is 269 Å². The van der Waals surface area contributed by atoms with E-state index in [0.717, 1.165) is 24.8 Å². The highest BCUT2D eigenvalue weighted by Gasteiger charge is 2.49. The molecule has 1 atom stereocenters. The van der Waals surface area contributed by atoms with Crippen molar-refractivity contribution in [1.29, 1.82) is 0 Å². The maximum Gasteiger partial charge on any atom is 0.301 e. The fourth-order valence-electron chi connectivity index (χ4n) is 5.35. The molecule has 1 aliphatic heterocycles. The van der Waals surface area contributed by atoms with Crippen molar-refractivity contribution in [2.24, 2.45) is 0 Å². The molecule has 6 rings (SSSR count). The van der Waals surface area contributed by atoms with E-state index < -0.39 is 17.7 Å². The summed E-state index contributed by atoms with van der Waals surface area (Å²) >= 11 is 2.75. The predicted octanol–water partition coefficient (Wildman–Crippen LogP) is 7.29. The van der Waals surface area contributed by atoms with E-state index in [-0.39, 0.29) is 16.5 Å². The van der Waals surface area contributed by atoms with Crippen molar-refractivity contribution >= 4 is 51.3 Å². The molecule has 0 spiro atoms. The summed E-state index contributed by atoms with van der Waals surface area (Å²) in [4.78, 5) is 33.4. The molecule has 3 aromatic heterocycles. The molecule has 1 aliphatic rings. The minimum absolute atomic E-state index is 0.0329. The van der Waals surface area contributed by atoms with E-state index in [0.29, 0.717) is 45.0 Å². The summed E-state index contributed by atoms with van der Waals surface area (Å²) in [5.41, 5.74) is 4.44. The van der Waals surface area contributed by atoms with Crippen molar-refractivity contribution in [3.8, 4) is 5.75 Å². The zero-order chi connectivity index (χ0) is 31.5. The highest BCUT2D eigenvalue weighted by atomic mass is 32.2. The van der Waals surface area contributed by atoms with Crippen LogP contribution in [0.4, 0.5) is 5.13 Å². The summed E-state index contributed by atoms with van der Waals surface area (Å²) in [5, 5.41) is 20.7. The van der Waals surface area contributed by atoms with Crippen LogP contribution < -0.4 is 9.64 Å². The third kappa shape index (κ3) is 6.23. The standard InChI is InChI=1S/C34H33N5O4S2/c1-4-5-8-19-43-25-16-14-24(15-17-25)29-27(30(40)28-22(3)35-26-9-6-7-18-38(26)28)31(41)32(42)39(29)33-36-37-34(45-33)44-20-23-12-10-21(2)11-13-23/h6-7,9-18,29,40H,4-5,8,19-20H2,1-3H3. The first-order valence-corrected chi connectivity index (χ1v) is 16.7. The summed E-state index contributed by atoms with van der Waals surface area (Å²) in [6, 6.07) is 20.1. The fourth-order valence-corrected chi connectivity index (χ4v) is 7.17. The monoisotopic (exact) mass is 639 g/mol. The van der Waals surface area contributed by atoms with Gasteiger partial charge in [0.1, 0.15) is 17.1 Å². The lowest BCUT2D eigenvalue weighted by atomic mass is 9.96. The highest BCUT2D eigenvalue weighted by Crippen LogP contribution is 2.44. The zero-order valence-electron chi connectivity index (χ0n) is 25.3. The molecule has 1 fully saturated rings. The second-order valence-electron chi connectivity index (χ2n) is 10.9. The smallest absolute Gasteiger partial charge is 0.301 e. The number of nitrogens with zero attached hydrogens (tertiary/aromatic N) is 5. The number of ether oxygens (including phenoxy) is 1. The van der Waals surface area contributed by atoms with Crippen LogP contribution in [-0.4, -0.2) is 43.0 Å². The molecule has 0 radical (unpaired) electrons. The molecule has 0 aliphatic carbocycles. The van der Waals surface area contributed by atoms with Gasteiger partial charge in [0, 0.05) is 11.9 Å². The molecular formula is C34H33N5O4S2. The molecule has 1 saturated heterocycles. The summed E-state index contributed by atoms with van der Waals surface area (Å²) in [7, 11) is 0. The SMILES string of the molecule is CCCCCOc1ccc(C2C(=C(O)c3c(C)nc4ccccn34)C(=O)C(=O)N2c2nnc(SCc3ccc(C)cc3)s2)cc1. The molecule has 1 N–H and O–H groups in total. The predicted molar refractivity (Wildman–Crippen MR) is 177 cm³/mol. The van der Waals surface area contributed by atoms with Crippen LogP contribution in [0.3, 0.4) is 0 Å². The molecular weight excluding hydrogens is 607 g/mol. The van der Waals surface area contributed by atoms with Gasteiger partial charge in [-0.2, -0.15) is 0 Å². The lowest BCUT2D eigenvalue weighted by Gasteiger charge is -2.22. The molecule has 5 aromatic rings. The Hall–Kier alpha value is -4.48. The van der Waals surface area contributed by atoms with Gasteiger partial charge >= 0.3 is 5.91 Å². The number of anilines is 1. The average molecular weight is 640 g/mol. The Bertz CT molecular complexity index is 1880. The topological polar surface area (TPSA) is 110 Å². The number of Topliss-reactive ketones (excluding diaryl/α,β-unsaturated/α-hetero) is 1. The Balaban J connectivity index is 1.38. The van der Waals surface area contributed by atoms with Crippen molar-refractivity contribution in [3.63, 3.8) is 0 Å². The van der Waals surface area contributed by atoms with E-state index in [4.69, 9.17) is 4.74 Å². The van der Waals surface area contributed by atoms with E-state index in [1.807, 2.05) is 49.4 Å². The third-order valence-corrected chi connectivity index (χ3v) is 9.80. The minimum Gasteiger partial charge on any atom is -0.505 e. The van der Waals surface area contributed by atoms with Crippen LogP contribution in [0.2, 0.25) is 0 Å². The number of unbranched alkanes of at least 4 members (excludes halogenated alkanes) is 2. The molecule has 0 saturated carbocycles. The van der Waals surface area contributed by atoms with Gasteiger partial charge in [0.25, 0.3) is 5.78 Å². The van der Waals surface area contributed by atoms with E-state index in [2.05, 4.69) is 46.4 Å². The summed E-state index contributed by atoms with van der Waals surface area (Å²) in [6.07, 6.45) is 4.91. The Morgan fingerprint density at radius 1 is 1.00 bits per heavy atom. The van der Waals surface area contributed by atoms with Gasteiger partial charge in [-0.3, -0.25) is 18.9 Å². The Kier molecular flexibility index (Phi) is 8.99. The van der Waals surface area contributed by atoms with Crippen LogP contribution in [0, 0.1) is 13.8 Å². The molecule has 9 nitrogen and oxygen atoms in total. The van der Waals surface area contributed by atoms with Crippen LogP contribution in [0.1, 0.15) is 60.3 Å². The van der Waals surface area contributed by atoms with Crippen LogP contribution in [0.25, 0.3) is 11.4 Å². The van der Waals surface area contributed by atoms with Crippen molar-refractivity contribution < 1.29 is 19.4 Å². The maximum atomic E-state index is 13.8. The lowest BCUT2D eigenvalue weighted by Crippen LogP contribution is -2.29. The number of amides is 1. The molecule has 45 heavy (non-hydrogen) atoms. The number of carbonyl (C=O) groups excluding carboxylic acids is 2. The number of imidazole rings is 1. The zero-order valence-corrected chi connectivity index (χ0v) is 26.9. The molecule has 2 aromatic carbocycles. The van der Waals surface area contributed by atoms with Crippen LogP contribution in [0.15, 0.2) is 82.8 Å². The van der Waals surface area contributed by atoms with E-state index in [9.17, 15) is 14.7 Å². The van der Waals surface area contributed by atoms with Gasteiger partial charge in [0.2, 0.25) is 5.13 Å². The molecule has 4 heterocycles. The molecule has 1 unspecified atom stereocenters. The fraction of sp³-hybridized carbons (Fsp3) is 0.265. The number of aliphatic hydroxyl groups excluding tert-OH is 1. The molecule has 0 bridgehead atoms. The van der Waals surface area contributed by atoms with E-state index in [1.165, 1.54) is 33.6 Å². The number of rotatable bonds is 11. The molecule has 1 amide bonds. The second kappa shape index (κ2) is 13.3. The number of thioether (sulfide) groups is 1. The third-order valence-electron chi connectivity index (χ3n) is 7.67. The van der Waals surface area contributed by atoms with Crippen molar-refractivity contribution in [1.82, 2.24) is 19.6 Å². The lowest BCUT2D eigenvalue weighted by molar-refractivity contribution is -0.132. The largest absolute Gasteiger partial charge is 0.505 e. The molecule has 230 valence electrons. The van der Waals surface area contributed by atoms with Gasteiger partial charge in [0.05, 0.1) is 23.9 Å². The summed E-state index contributed by atoms with van der Waals surface area (Å²) in [5.74, 6) is -0.499. The quantitative estimate of drug-likeness (QED) is 0.0401. The number of fused-ring (bicyclic) bond motifs is 1. The number of hydrogen-bond acceptors (Lipinski definition) is 9. The Morgan fingerprint density at radius 3 is 2.53 bits per heavy atom. The summed E-state index contributed by atoms with van der Waals surface area (Å²) in [6.45, 7) is 6.56. The van der Waals surface area contributed by atoms with E-state index in [1.54, 1.807) is 17.5 Å². The van der Waals surface area contributed by atoms with Crippen molar-refractivity contribution in [2.75, 3.05) is 11.5 Å². The second-order valence-corrected chi connectivity index (χ2v) is 13.1. The van der Waals surface area contributed by atoms with Gasteiger partial charge in [0.15, 0.2) is 10.1 Å². The average Bonchev–Trinajstić information content (AvgIpc) is 3.72. The van der Waals surface area contributed by atoms with E-state index >= 15 is 0 Å². The number of aryl methyl sites for hydroxylation is 2. The maximum absolute atomic E-state index is 13.8. The van der Waals surface area contributed by atoms with Crippen molar-refractivity contribution in [3.05, 3.63) is 107 Å². The number of benzene rings is 2. The first kappa shape index (κ1) is 30.5. The first-order valence-electron chi connectivity index (χ1n) is 14.9. The minimum atomic E-state index is -0.935. The van der Waals surface area contributed by atoms with Crippen molar-refractivity contribution in [2.45, 2.75) is 56.2 Å². The van der Waals surface area contributed by atoms with Gasteiger partial charge in [-0.1, -0.05) is 90.9 Å². The number of ketones is 1. The number of pyridine rings is 1. The number of hydrogen-bond donors (Lipinski definition) is 1. The number of aromatic nitrogens is 4. The summed E-state index contributed by atoms with van der Waals surface area (Å²) < 4.78 is 8.29. The highest BCUT2D eigenvalue weighted by molar-refractivity contribution is 8.00. The first-order chi connectivity index (χ1) is 21.9. The number of carbonyl (C=O) groups is 2. The van der Waals surface area contributed by atoms with Crippen LogP contribution >= 0.6 is 23.1 Å². The Morgan fingerprint density at radius 2 is 1.78 bits per heavy atom. The normalized spacial score (nSPS) is 16.2. The molecule has 11 heteroatoms. The van der Waals surface area contributed by atoms with Crippen LogP contribution in [-0.2, 0) is 15.3 Å². The number of aliphatic hydroxyl groups is 1. The van der Waals surface area contributed by atoms with Gasteiger partial charge in [-0.25, -0.2) is 4.98 Å². The van der Waals surface area contributed by atoms with Gasteiger partial charge < -0.3 is 9.84 Å². The van der Waals surface area contributed by atoms with Gasteiger partial charge in [-0.05, 0) is 55.7 Å².